The second kappa shape index (κ2) is 8.80. The van der Waals surface area contributed by atoms with Gasteiger partial charge in [0.15, 0.2) is 0 Å². The van der Waals surface area contributed by atoms with Gasteiger partial charge in [-0.2, -0.15) is 0 Å². The van der Waals surface area contributed by atoms with Crippen molar-refractivity contribution in [2.24, 2.45) is 0 Å². The molecule has 0 spiro atoms. The molecule has 0 bridgehead atoms. The van der Waals surface area contributed by atoms with E-state index in [9.17, 15) is 4.79 Å². The van der Waals surface area contributed by atoms with Gasteiger partial charge in [0.1, 0.15) is 11.6 Å². The number of aromatic nitrogens is 2. The summed E-state index contributed by atoms with van der Waals surface area (Å²) in [6, 6.07) is 2.07. The average Bonchev–Trinajstić information content (AvgIpc) is 2.91. The van der Waals surface area contributed by atoms with E-state index in [0.29, 0.717) is 18.4 Å². The second-order valence-corrected chi connectivity index (χ2v) is 7.94. The largest absolute Gasteiger partial charge is 0.354 e. The van der Waals surface area contributed by atoms with Crippen molar-refractivity contribution in [1.82, 2.24) is 19.8 Å². The summed E-state index contributed by atoms with van der Waals surface area (Å²) in [6.45, 7) is 12.4. The standard InChI is InChI=1S/C20H33N5O/c1-16(2)20-21-17(3)14-18(22-20)24-12-10-23(11-13-24)15-19(26)25-8-6-4-5-7-9-25/h14,16H,4-13,15H2,1-3H3. The third-order valence-corrected chi connectivity index (χ3v) is 5.39. The molecule has 0 radical (unpaired) electrons. The van der Waals surface area contributed by atoms with Gasteiger partial charge in [-0.05, 0) is 19.8 Å². The van der Waals surface area contributed by atoms with Crippen LogP contribution in [0.2, 0.25) is 0 Å². The van der Waals surface area contributed by atoms with Crippen LogP contribution >= 0.6 is 0 Å². The number of nitrogens with zero attached hydrogens (tertiary/aromatic N) is 5. The minimum Gasteiger partial charge on any atom is -0.354 e. The van der Waals surface area contributed by atoms with Crippen LogP contribution in [0.4, 0.5) is 5.82 Å². The Morgan fingerprint density at radius 1 is 1.00 bits per heavy atom. The molecular weight excluding hydrogens is 326 g/mol. The molecule has 0 atom stereocenters. The molecule has 26 heavy (non-hydrogen) atoms. The molecule has 2 aliphatic rings. The SMILES string of the molecule is Cc1cc(N2CCN(CC(=O)N3CCCCCC3)CC2)nc(C(C)C)n1. The van der Waals surface area contributed by atoms with Gasteiger partial charge in [-0.3, -0.25) is 9.69 Å². The van der Waals surface area contributed by atoms with E-state index in [1.807, 2.05) is 6.92 Å². The summed E-state index contributed by atoms with van der Waals surface area (Å²) in [6.07, 6.45) is 4.84. The highest BCUT2D eigenvalue weighted by atomic mass is 16.2. The van der Waals surface area contributed by atoms with Crippen LogP contribution in [0, 0.1) is 6.92 Å². The smallest absolute Gasteiger partial charge is 0.236 e. The number of carbonyl (C=O) groups excluding carboxylic acids is 1. The number of rotatable bonds is 4. The monoisotopic (exact) mass is 359 g/mol. The molecule has 0 saturated carbocycles. The van der Waals surface area contributed by atoms with Crippen LogP contribution in [0.5, 0.6) is 0 Å². The Labute approximate surface area is 157 Å². The van der Waals surface area contributed by atoms with Crippen LogP contribution in [-0.4, -0.2) is 71.5 Å². The fraction of sp³-hybridized carbons (Fsp3) is 0.750. The average molecular weight is 360 g/mol. The summed E-state index contributed by atoms with van der Waals surface area (Å²) in [5.74, 6) is 2.58. The lowest BCUT2D eigenvalue weighted by Crippen LogP contribution is -2.50. The topological polar surface area (TPSA) is 52.6 Å². The Kier molecular flexibility index (Phi) is 6.46. The van der Waals surface area contributed by atoms with Crippen molar-refractivity contribution in [2.75, 3.05) is 50.7 Å². The van der Waals surface area contributed by atoms with Crippen LogP contribution in [0.25, 0.3) is 0 Å². The lowest BCUT2D eigenvalue weighted by molar-refractivity contribution is -0.132. The first-order valence-corrected chi connectivity index (χ1v) is 10.1. The van der Waals surface area contributed by atoms with E-state index in [1.165, 1.54) is 12.8 Å². The molecule has 0 N–H and O–H groups in total. The van der Waals surface area contributed by atoms with Crippen LogP contribution < -0.4 is 4.90 Å². The fourth-order valence-electron chi connectivity index (χ4n) is 3.74. The first-order valence-electron chi connectivity index (χ1n) is 10.1. The summed E-state index contributed by atoms with van der Waals surface area (Å²) >= 11 is 0. The van der Waals surface area contributed by atoms with Crippen LogP contribution in [0.15, 0.2) is 6.07 Å². The Hall–Kier alpha value is -1.69. The van der Waals surface area contributed by atoms with Crippen molar-refractivity contribution >= 4 is 11.7 Å². The Balaban J connectivity index is 1.53. The molecule has 0 aliphatic carbocycles. The number of carbonyl (C=O) groups is 1. The Bertz CT molecular complexity index is 602. The molecule has 6 heteroatoms. The first-order chi connectivity index (χ1) is 12.5. The first kappa shape index (κ1) is 19.1. The zero-order chi connectivity index (χ0) is 18.5. The van der Waals surface area contributed by atoms with Gasteiger partial charge in [-0.25, -0.2) is 9.97 Å². The van der Waals surface area contributed by atoms with Gasteiger partial charge in [0.2, 0.25) is 5.91 Å². The minimum atomic E-state index is 0.306. The highest BCUT2D eigenvalue weighted by molar-refractivity contribution is 5.78. The van der Waals surface area contributed by atoms with Crippen molar-refractivity contribution in [3.05, 3.63) is 17.6 Å². The summed E-state index contributed by atoms with van der Waals surface area (Å²) in [5, 5.41) is 0. The van der Waals surface area contributed by atoms with Crippen molar-refractivity contribution in [2.45, 2.75) is 52.4 Å². The molecular formula is C20H33N5O. The lowest BCUT2D eigenvalue weighted by atomic mass is 10.2. The quantitative estimate of drug-likeness (QED) is 0.826. The van der Waals surface area contributed by atoms with Crippen molar-refractivity contribution in [1.29, 1.82) is 0 Å². The van der Waals surface area contributed by atoms with Gasteiger partial charge in [0, 0.05) is 56.9 Å². The van der Waals surface area contributed by atoms with E-state index in [0.717, 1.165) is 69.4 Å². The summed E-state index contributed by atoms with van der Waals surface area (Å²) in [7, 11) is 0. The number of amides is 1. The minimum absolute atomic E-state index is 0.306. The van der Waals surface area contributed by atoms with Gasteiger partial charge in [-0.1, -0.05) is 26.7 Å². The lowest BCUT2D eigenvalue weighted by Gasteiger charge is -2.36. The number of aryl methyl sites for hydroxylation is 1. The number of hydrogen-bond acceptors (Lipinski definition) is 5. The molecule has 2 aliphatic heterocycles. The number of likely N-dealkylation sites (tertiary alicyclic amines) is 1. The molecule has 3 rings (SSSR count). The van der Waals surface area contributed by atoms with Gasteiger partial charge < -0.3 is 9.80 Å². The number of piperazine rings is 1. The molecule has 1 aromatic heterocycles. The highest BCUT2D eigenvalue weighted by Gasteiger charge is 2.23. The van der Waals surface area contributed by atoms with Crippen LogP contribution in [0.3, 0.4) is 0 Å². The molecule has 144 valence electrons. The van der Waals surface area contributed by atoms with Crippen molar-refractivity contribution in [3.63, 3.8) is 0 Å². The maximum absolute atomic E-state index is 12.6. The molecule has 2 saturated heterocycles. The molecule has 3 heterocycles. The van der Waals surface area contributed by atoms with Crippen LogP contribution in [-0.2, 0) is 4.79 Å². The summed E-state index contributed by atoms with van der Waals surface area (Å²) in [4.78, 5) is 28.6. The fourth-order valence-corrected chi connectivity index (χ4v) is 3.74. The molecule has 0 aromatic carbocycles. The Morgan fingerprint density at radius 3 is 2.27 bits per heavy atom. The number of hydrogen-bond donors (Lipinski definition) is 0. The molecule has 6 nitrogen and oxygen atoms in total. The predicted octanol–water partition coefficient (Wildman–Crippen LogP) is 2.43. The zero-order valence-corrected chi connectivity index (χ0v) is 16.6. The highest BCUT2D eigenvalue weighted by Crippen LogP contribution is 2.19. The second-order valence-electron chi connectivity index (χ2n) is 7.94. The summed E-state index contributed by atoms with van der Waals surface area (Å²) in [5.41, 5.74) is 1.03. The molecule has 1 aromatic rings. The number of anilines is 1. The Morgan fingerprint density at radius 2 is 1.65 bits per heavy atom. The zero-order valence-electron chi connectivity index (χ0n) is 16.6. The van der Waals surface area contributed by atoms with Gasteiger partial charge in [0.05, 0.1) is 6.54 Å². The third-order valence-electron chi connectivity index (χ3n) is 5.39. The maximum atomic E-state index is 12.6. The molecule has 1 amide bonds. The van der Waals surface area contributed by atoms with Gasteiger partial charge in [0.25, 0.3) is 0 Å². The molecule has 2 fully saturated rings. The summed E-state index contributed by atoms with van der Waals surface area (Å²) < 4.78 is 0. The third kappa shape index (κ3) is 4.93. The van der Waals surface area contributed by atoms with E-state index in [2.05, 4.69) is 39.6 Å². The van der Waals surface area contributed by atoms with E-state index in [-0.39, 0.29) is 0 Å². The van der Waals surface area contributed by atoms with Gasteiger partial charge >= 0.3 is 0 Å². The van der Waals surface area contributed by atoms with Gasteiger partial charge in [-0.15, -0.1) is 0 Å². The maximum Gasteiger partial charge on any atom is 0.236 e. The van der Waals surface area contributed by atoms with E-state index >= 15 is 0 Å². The van der Waals surface area contributed by atoms with Crippen molar-refractivity contribution < 1.29 is 4.79 Å². The molecule has 0 unspecified atom stereocenters. The van der Waals surface area contributed by atoms with Crippen molar-refractivity contribution in [3.8, 4) is 0 Å². The normalized spacial score (nSPS) is 19.7. The predicted molar refractivity (Wildman–Crippen MR) is 105 cm³/mol. The van der Waals surface area contributed by atoms with E-state index in [1.54, 1.807) is 0 Å². The van der Waals surface area contributed by atoms with E-state index < -0.39 is 0 Å². The van der Waals surface area contributed by atoms with E-state index in [4.69, 9.17) is 4.98 Å². The van der Waals surface area contributed by atoms with Crippen LogP contribution in [0.1, 0.15) is 57.0 Å².